The van der Waals surface area contributed by atoms with Gasteiger partial charge < -0.3 is 9.64 Å². The fraction of sp³-hybridized carbons (Fsp3) is 0.214. The quantitative estimate of drug-likeness (QED) is 0.383. The van der Waals surface area contributed by atoms with Crippen molar-refractivity contribution in [3.63, 3.8) is 0 Å². The van der Waals surface area contributed by atoms with Crippen LogP contribution >= 0.6 is 0 Å². The average Bonchev–Trinajstić information content (AvgIpc) is 2.88. The van der Waals surface area contributed by atoms with Gasteiger partial charge in [0.05, 0.1) is 11.4 Å². The monoisotopic (exact) mass is 453 g/mol. The number of ether oxygens (including phenoxy) is 1. The Morgan fingerprint density at radius 3 is 2.47 bits per heavy atom. The van der Waals surface area contributed by atoms with Crippen LogP contribution in [-0.4, -0.2) is 55.0 Å². The summed E-state index contributed by atoms with van der Waals surface area (Å²) in [7, 11) is 0. The largest absolute Gasteiger partial charge is 0.492 e. The Morgan fingerprint density at radius 1 is 0.882 bits per heavy atom. The van der Waals surface area contributed by atoms with Crippen molar-refractivity contribution in [2.75, 3.05) is 44.2 Å². The van der Waals surface area contributed by atoms with Gasteiger partial charge in [-0.15, -0.1) is 0 Å². The Bertz CT molecular complexity index is 1400. The molecule has 34 heavy (non-hydrogen) atoms. The van der Waals surface area contributed by atoms with Crippen LogP contribution in [0.2, 0.25) is 0 Å². The van der Waals surface area contributed by atoms with Crippen LogP contribution in [0.15, 0.2) is 72.9 Å². The lowest BCUT2D eigenvalue weighted by Crippen LogP contribution is -2.47. The zero-order valence-electron chi connectivity index (χ0n) is 18.7. The van der Waals surface area contributed by atoms with E-state index >= 15 is 0 Å². The lowest BCUT2D eigenvalue weighted by molar-refractivity contribution is 0.103. The van der Waals surface area contributed by atoms with Gasteiger partial charge in [-0.3, -0.25) is 14.7 Å². The number of pyridine rings is 1. The van der Waals surface area contributed by atoms with Crippen LogP contribution in [0.3, 0.4) is 0 Å². The zero-order chi connectivity index (χ0) is 23.1. The first-order valence-corrected chi connectivity index (χ1v) is 11.6. The van der Waals surface area contributed by atoms with Gasteiger partial charge in [0.25, 0.3) is 0 Å². The third-order valence-electron chi connectivity index (χ3n) is 6.75. The second-order valence-corrected chi connectivity index (χ2v) is 8.73. The highest BCUT2D eigenvalue weighted by atomic mass is 19.1. The van der Waals surface area contributed by atoms with E-state index in [9.17, 15) is 9.18 Å². The summed E-state index contributed by atoms with van der Waals surface area (Å²) in [5, 5.41) is 1.85. The highest BCUT2D eigenvalue weighted by Crippen LogP contribution is 2.39. The van der Waals surface area contributed by atoms with E-state index in [1.807, 2.05) is 54.6 Å². The molecule has 170 valence electrons. The van der Waals surface area contributed by atoms with E-state index in [2.05, 4.69) is 14.8 Å². The number of piperazine rings is 1. The number of benzene rings is 3. The summed E-state index contributed by atoms with van der Waals surface area (Å²) in [6, 6.07) is 20.3. The van der Waals surface area contributed by atoms with Gasteiger partial charge in [-0.05, 0) is 35.7 Å². The standard InChI is InChI=1S/C28H24FN3O2/c29-24-7-3-4-8-25(24)32-13-11-31(12-14-32)15-16-34-20-17-19-9-10-30-27-21-5-1-2-6-22(21)28(33)23(18-20)26(19)27/h1-10,17-18H,11-16H2. The van der Waals surface area contributed by atoms with Crippen molar-refractivity contribution in [3.05, 3.63) is 89.9 Å². The number of aromatic nitrogens is 1. The molecule has 1 aromatic heterocycles. The first-order chi connectivity index (χ1) is 16.7. The van der Waals surface area contributed by atoms with Gasteiger partial charge >= 0.3 is 0 Å². The predicted molar refractivity (Wildman–Crippen MR) is 131 cm³/mol. The molecule has 0 atom stereocenters. The lowest BCUT2D eigenvalue weighted by atomic mass is 9.85. The maximum atomic E-state index is 14.1. The van der Waals surface area contributed by atoms with Crippen molar-refractivity contribution >= 4 is 22.2 Å². The Hall–Kier alpha value is -3.77. The molecule has 5 nitrogen and oxygen atoms in total. The zero-order valence-corrected chi connectivity index (χ0v) is 18.7. The Balaban J connectivity index is 1.14. The highest BCUT2D eigenvalue weighted by Gasteiger charge is 2.26. The van der Waals surface area contributed by atoms with Crippen LogP contribution < -0.4 is 9.64 Å². The summed E-state index contributed by atoms with van der Waals surface area (Å²) in [4.78, 5) is 22.2. The Labute approximate surface area is 197 Å². The van der Waals surface area contributed by atoms with Gasteiger partial charge in [0, 0.05) is 61.0 Å². The van der Waals surface area contributed by atoms with Gasteiger partial charge in [-0.25, -0.2) is 4.39 Å². The third kappa shape index (κ3) is 3.60. The van der Waals surface area contributed by atoms with Gasteiger partial charge in [-0.2, -0.15) is 0 Å². The van der Waals surface area contributed by atoms with E-state index in [0.29, 0.717) is 29.2 Å². The van der Waals surface area contributed by atoms with E-state index < -0.39 is 0 Å². The summed E-state index contributed by atoms with van der Waals surface area (Å²) in [5.74, 6) is 0.531. The Kier molecular flexibility index (Phi) is 5.23. The van der Waals surface area contributed by atoms with Crippen LogP contribution in [0.25, 0.3) is 22.0 Å². The van der Waals surface area contributed by atoms with Gasteiger partial charge in [0.1, 0.15) is 18.2 Å². The van der Waals surface area contributed by atoms with Gasteiger partial charge in [0.2, 0.25) is 0 Å². The van der Waals surface area contributed by atoms with Crippen LogP contribution in [0.5, 0.6) is 5.75 Å². The number of ketones is 1. The second-order valence-electron chi connectivity index (χ2n) is 8.73. The molecule has 1 saturated heterocycles. The molecule has 1 aliphatic heterocycles. The molecule has 6 rings (SSSR count). The molecule has 0 unspecified atom stereocenters. The molecule has 4 aromatic rings. The number of para-hydroxylation sites is 1. The van der Waals surface area contributed by atoms with E-state index in [1.54, 1.807) is 12.3 Å². The molecule has 0 N–H and O–H groups in total. The van der Waals surface area contributed by atoms with E-state index in [0.717, 1.165) is 54.8 Å². The summed E-state index contributed by atoms with van der Waals surface area (Å²) in [5.41, 5.74) is 3.73. The number of carbonyl (C=O) groups excluding carboxylic acids is 1. The average molecular weight is 454 g/mol. The molecule has 0 bridgehead atoms. The van der Waals surface area contributed by atoms with Crippen molar-refractivity contribution in [3.8, 4) is 17.0 Å². The number of halogens is 1. The van der Waals surface area contributed by atoms with Crippen LogP contribution in [-0.2, 0) is 0 Å². The van der Waals surface area contributed by atoms with Crippen molar-refractivity contribution < 1.29 is 13.9 Å². The fourth-order valence-corrected chi connectivity index (χ4v) is 5.00. The lowest BCUT2D eigenvalue weighted by Gasteiger charge is -2.36. The van der Waals surface area contributed by atoms with Gasteiger partial charge in [0.15, 0.2) is 5.78 Å². The maximum absolute atomic E-state index is 14.1. The van der Waals surface area contributed by atoms with Crippen molar-refractivity contribution in [2.45, 2.75) is 0 Å². The molecule has 1 aliphatic carbocycles. The Morgan fingerprint density at radius 2 is 1.65 bits per heavy atom. The minimum Gasteiger partial charge on any atom is -0.492 e. The molecule has 2 aliphatic rings. The molecule has 0 saturated carbocycles. The summed E-state index contributed by atoms with van der Waals surface area (Å²) < 4.78 is 20.2. The van der Waals surface area contributed by atoms with Crippen LogP contribution in [0, 0.1) is 5.82 Å². The molecule has 0 spiro atoms. The maximum Gasteiger partial charge on any atom is 0.194 e. The minimum absolute atomic E-state index is 0.0100. The molecule has 2 heterocycles. The van der Waals surface area contributed by atoms with Crippen molar-refractivity contribution in [1.29, 1.82) is 0 Å². The van der Waals surface area contributed by atoms with Gasteiger partial charge in [-0.1, -0.05) is 36.4 Å². The molecule has 0 amide bonds. The third-order valence-corrected chi connectivity index (χ3v) is 6.75. The van der Waals surface area contributed by atoms with Crippen LogP contribution in [0.4, 0.5) is 10.1 Å². The summed E-state index contributed by atoms with van der Waals surface area (Å²) >= 11 is 0. The minimum atomic E-state index is -0.171. The molecule has 3 aromatic carbocycles. The first kappa shape index (κ1) is 20.8. The SMILES string of the molecule is O=C1c2ccccc2-c2nccc3cc(OCCN4CCN(c5ccccc5F)CC4)cc1c23. The number of anilines is 1. The molecule has 0 radical (unpaired) electrons. The molecular weight excluding hydrogens is 429 g/mol. The van der Waals surface area contributed by atoms with Crippen molar-refractivity contribution in [2.24, 2.45) is 0 Å². The predicted octanol–water partition coefficient (Wildman–Crippen LogP) is 4.79. The summed E-state index contributed by atoms with van der Waals surface area (Å²) in [6.45, 7) is 4.57. The highest BCUT2D eigenvalue weighted by molar-refractivity contribution is 6.25. The number of fused-ring (bicyclic) bond motifs is 2. The smallest absolute Gasteiger partial charge is 0.194 e. The van der Waals surface area contributed by atoms with E-state index in [-0.39, 0.29) is 11.6 Å². The number of nitrogens with zero attached hydrogens (tertiary/aromatic N) is 3. The fourth-order valence-electron chi connectivity index (χ4n) is 5.00. The number of rotatable bonds is 5. The number of hydrogen-bond donors (Lipinski definition) is 0. The molecule has 1 fully saturated rings. The number of carbonyl (C=O) groups is 1. The topological polar surface area (TPSA) is 45.7 Å². The van der Waals surface area contributed by atoms with E-state index in [1.165, 1.54) is 6.07 Å². The first-order valence-electron chi connectivity index (χ1n) is 11.6. The van der Waals surface area contributed by atoms with Crippen molar-refractivity contribution in [1.82, 2.24) is 9.88 Å². The van der Waals surface area contributed by atoms with E-state index in [4.69, 9.17) is 4.74 Å². The normalized spacial score (nSPS) is 15.4. The summed E-state index contributed by atoms with van der Waals surface area (Å²) in [6.07, 6.45) is 1.78. The molecular formula is C28H24FN3O2. The van der Waals surface area contributed by atoms with Crippen LogP contribution in [0.1, 0.15) is 15.9 Å². The second kappa shape index (κ2) is 8.54. The molecule has 6 heteroatoms. The number of hydrogen-bond acceptors (Lipinski definition) is 5.